The van der Waals surface area contributed by atoms with Crippen LogP contribution < -0.4 is 10.4 Å². The van der Waals surface area contributed by atoms with E-state index in [4.69, 9.17) is 0 Å². The van der Waals surface area contributed by atoms with Crippen molar-refractivity contribution < 1.29 is 0 Å². The van der Waals surface area contributed by atoms with Gasteiger partial charge in [-0.15, -0.1) is 0 Å². The molecular weight excluding hydrogens is 569 g/mol. The predicted molar refractivity (Wildman–Crippen MR) is 201 cm³/mol. The number of allylic oxidation sites excluding steroid dienone is 3. The van der Waals surface area contributed by atoms with Crippen molar-refractivity contribution >= 4 is 29.6 Å². The summed E-state index contributed by atoms with van der Waals surface area (Å²) < 4.78 is 0. The molecule has 0 aliphatic heterocycles. The zero-order valence-electron chi connectivity index (χ0n) is 28.1. The van der Waals surface area contributed by atoms with E-state index in [0.29, 0.717) is 5.92 Å². The Bertz CT molecular complexity index is 1850. The van der Waals surface area contributed by atoms with Crippen LogP contribution in [0.25, 0.3) is 11.1 Å². The summed E-state index contributed by atoms with van der Waals surface area (Å²) >= 11 is 0. The van der Waals surface area contributed by atoms with Gasteiger partial charge >= 0.3 is 0 Å². The minimum Gasteiger partial charge on any atom is -0.0778 e. The molecule has 0 saturated carbocycles. The van der Waals surface area contributed by atoms with Crippen molar-refractivity contribution in [1.29, 1.82) is 0 Å². The number of rotatable bonds is 6. The number of benzene rings is 5. The molecule has 0 fully saturated rings. The van der Waals surface area contributed by atoms with E-state index in [-0.39, 0.29) is 10.5 Å². The molecule has 5 aromatic rings. The second-order valence-electron chi connectivity index (χ2n) is 14.9. The van der Waals surface area contributed by atoms with E-state index in [9.17, 15) is 0 Å². The Hall–Kier alpha value is -4.20. The van der Waals surface area contributed by atoms with Gasteiger partial charge in [0.1, 0.15) is 8.07 Å². The average Bonchev–Trinajstić information content (AvgIpc) is 3.37. The lowest BCUT2D eigenvalue weighted by atomic mass is 9.67. The monoisotopic (exact) mass is 614 g/mol. The highest BCUT2D eigenvalue weighted by Gasteiger charge is 2.51. The molecule has 2 aliphatic carbocycles. The van der Waals surface area contributed by atoms with Crippen LogP contribution in [0, 0.1) is 19.8 Å². The van der Waals surface area contributed by atoms with Crippen molar-refractivity contribution in [2.45, 2.75) is 64.0 Å². The van der Waals surface area contributed by atoms with Crippen molar-refractivity contribution in [3.63, 3.8) is 0 Å². The Balaban J connectivity index is 1.43. The molecule has 7 rings (SSSR count). The van der Waals surface area contributed by atoms with E-state index in [2.05, 4.69) is 180 Å². The first-order valence-electron chi connectivity index (χ1n) is 17.0. The molecule has 0 saturated heterocycles. The van der Waals surface area contributed by atoms with Gasteiger partial charge in [-0.2, -0.15) is 0 Å². The first-order valence-corrected chi connectivity index (χ1v) is 19.2. The molecule has 0 heterocycles. The van der Waals surface area contributed by atoms with Crippen LogP contribution in [0.15, 0.2) is 146 Å². The van der Waals surface area contributed by atoms with Crippen LogP contribution in [-0.2, 0) is 5.41 Å². The first kappa shape index (κ1) is 30.5. The van der Waals surface area contributed by atoms with Gasteiger partial charge in [-0.3, -0.25) is 0 Å². The lowest BCUT2D eigenvalue weighted by Gasteiger charge is -2.48. The maximum atomic E-state index is 2.69. The highest BCUT2D eigenvalue weighted by Crippen LogP contribution is 2.55. The molecule has 5 aromatic carbocycles. The van der Waals surface area contributed by atoms with E-state index in [1.165, 1.54) is 50.6 Å². The van der Waals surface area contributed by atoms with Crippen LogP contribution >= 0.6 is 0 Å². The quantitative estimate of drug-likeness (QED) is 0.167. The second kappa shape index (κ2) is 11.9. The van der Waals surface area contributed by atoms with Crippen LogP contribution in [0.3, 0.4) is 0 Å². The topological polar surface area (TPSA) is 0 Å². The van der Waals surface area contributed by atoms with E-state index < -0.39 is 8.07 Å². The van der Waals surface area contributed by atoms with Crippen LogP contribution in [0.4, 0.5) is 0 Å². The molecule has 0 bridgehead atoms. The fourth-order valence-corrected chi connectivity index (χ4v) is 14.4. The summed E-state index contributed by atoms with van der Waals surface area (Å²) in [5.74, 6) is 0.429. The van der Waals surface area contributed by atoms with Gasteiger partial charge < -0.3 is 0 Å². The van der Waals surface area contributed by atoms with Crippen molar-refractivity contribution in [3.05, 3.63) is 179 Å². The Morgan fingerprint density at radius 1 is 0.630 bits per heavy atom. The molecule has 230 valence electrons. The third-order valence-electron chi connectivity index (χ3n) is 10.9. The summed E-state index contributed by atoms with van der Waals surface area (Å²) in [5, 5.41) is 3.21. The highest BCUT2D eigenvalue weighted by atomic mass is 28.3. The summed E-state index contributed by atoms with van der Waals surface area (Å²) in [6.45, 7) is 11.9. The largest absolute Gasteiger partial charge is 0.123 e. The summed E-state index contributed by atoms with van der Waals surface area (Å²) in [5.41, 5.74) is 11.0. The van der Waals surface area contributed by atoms with Crippen LogP contribution in [-0.4, -0.2) is 8.07 Å². The third-order valence-corrected chi connectivity index (χ3v) is 17.2. The minimum atomic E-state index is -2.29. The number of hydrogen-bond donors (Lipinski definition) is 0. The minimum absolute atomic E-state index is 0.0537. The van der Waals surface area contributed by atoms with Gasteiger partial charge in [0.05, 0.1) is 0 Å². The maximum absolute atomic E-state index is 2.69. The van der Waals surface area contributed by atoms with E-state index in [1.54, 1.807) is 10.4 Å². The van der Waals surface area contributed by atoms with Gasteiger partial charge in [0.2, 0.25) is 0 Å². The zero-order valence-corrected chi connectivity index (χ0v) is 29.1. The van der Waals surface area contributed by atoms with Crippen LogP contribution in [0.2, 0.25) is 11.1 Å². The van der Waals surface area contributed by atoms with Gasteiger partial charge in [-0.05, 0) is 77.1 Å². The number of hydrogen-bond acceptors (Lipinski definition) is 0. The molecule has 0 aromatic heterocycles. The summed E-state index contributed by atoms with van der Waals surface area (Å²) in [6, 6.07) is 51.9. The molecule has 0 unspecified atom stereocenters. The summed E-state index contributed by atoms with van der Waals surface area (Å²) in [6.07, 6.45) is 7.51. The fraction of sp³-hybridized carbons (Fsp3) is 0.244. The molecule has 1 spiro atoms. The molecule has 0 radical (unpaired) electrons. The van der Waals surface area contributed by atoms with Gasteiger partial charge in [0.25, 0.3) is 0 Å². The molecule has 0 N–H and O–H groups in total. The molecule has 0 nitrogen and oxygen atoms in total. The fourth-order valence-electron chi connectivity index (χ4n) is 8.66. The maximum Gasteiger partial charge on any atom is 0.123 e. The lowest BCUT2D eigenvalue weighted by Crippen LogP contribution is -2.65. The van der Waals surface area contributed by atoms with Crippen molar-refractivity contribution in [2.75, 3.05) is 0 Å². The van der Waals surface area contributed by atoms with Gasteiger partial charge in [-0.25, -0.2) is 0 Å². The summed E-state index contributed by atoms with van der Waals surface area (Å²) in [7, 11) is -2.29. The standard InChI is InChI=1S/C45H46Si/c1-33-20-24-36(25-21-33)38-28-35(32-46(44(3,4)5,39-14-8-6-9-15-39)40-16-10-7-11-17-40)29-45(30-38)31-42(37-26-22-34(2)23-27-37)41-18-12-13-19-43(41)45/h6-28,31,35H,29-30,32H2,1-5H3/t35-,45+/m0/s1. The third kappa shape index (κ3) is 5.35. The van der Waals surface area contributed by atoms with Crippen molar-refractivity contribution in [3.8, 4) is 0 Å². The normalized spacial score (nSPS) is 19.5. The van der Waals surface area contributed by atoms with E-state index in [0.717, 1.165) is 12.8 Å². The Labute approximate surface area is 277 Å². The smallest absolute Gasteiger partial charge is 0.0778 e. The lowest BCUT2D eigenvalue weighted by molar-refractivity contribution is 0.425. The van der Waals surface area contributed by atoms with Gasteiger partial charge in [0, 0.05) is 5.41 Å². The van der Waals surface area contributed by atoms with Crippen molar-refractivity contribution in [2.24, 2.45) is 5.92 Å². The molecule has 1 heteroatoms. The Kier molecular flexibility index (Phi) is 7.85. The molecular formula is C45H46Si. The molecule has 46 heavy (non-hydrogen) atoms. The highest BCUT2D eigenvalue weighted by molar-refractivity contribution is 7.04. The SMILES string of the molecule is Cc1ccc(C2=C[C@H](C[Si](c3ccccc3)(c3ccccc3)C(C)(C)C)C[C@]3(C=C(c4ccc(C)cc4)c4ccccc43)C2)cc1. The Morgan fingerprint density at radius 3 is 1.72 bits per heavy atom. The summed E-state index contributed by atoms with van der Waals surface area (Å²) in [4.78, 5) is 0. The van der Waals surface area contributed by atoms with Crippen LogP contribution in [0.5, 0.6) is 0 Å². The van der Waals surface area contributed by atoms with Crippen molar-refractivity contribution in [1.82, 2.24) is 0 Å². The number of fused-ring (bicyclic) bond motifs is 2. The molecule has 0 amide bonds. The van der Waals surface area contributed by atoms with Gasteiger partial charge in [-0.1, -0.05) is 188 Å². The second-order valence-corrected chi connectivity index (χ2v) is 19.8. The number of aryl methyl sites for hydroxylation is 2. The Morgan fingerprint density at radius 2 is 1.15 bits per heavy atom. The zero-order chi connectivity index (χ0) is 31.9. The van der Waals surface area contributed by atoms with Crippen LogP contribution in [0.1, 0.15) is 67.0 Å². The average molecular weight is 615 g/mol. The molecule has 2 atom stereocenters. The van der Waals surface area contributed by atoms with E-state index >= 15 is 0 Å². The van der Waals surface area contributed by atoms with E-state index in [1.807, 2.05) is 0 Å². The molecule has 2 aliphatic rings. The predicted octanol–water partition coefficient (Wildman–Crippen LogP) is 10.5. The first-order chi connectivity index (χ1) is 22.2. The van der Waals surface area contributed by atoms with Gasteiger partial charge in [0.15, 0.2) is 0 Å².